The number of amides is 3. The molecule has 4 aliphatic carbocycles. The molecule has 0 unspecified atom stereocenters. The Morgan fingerprint density at radius 2 is 1.55 bits per heavy atom. The van der Waals surface area contributed by atoms with Crippen molar-refractivity contribution in [3.8, 4) is 0 Å². The lowest BCUT2D eigenvalue weighted by Gasteiger charge is -2.37. The third-order valence-corrected chi connectivity index (χ3v) is 7.70. The van der Waals surface area contributed by atoms with Crippen molar-refractivity contribution in [2.24, 2.45) is 35.5 Å². The number of carbonyl (C=O) groups is 3. The van der Waals surface area contributed by atoms with E-state index in [0.29, 0.717) is 23.1 Å². The second-order valence-corrected chi connectivity index (χ2v) is 9.18. The number of para-hydroxylation sites is 1. The average molecular weight is 412 g/mol. The summed E-state index contributed by atoms with van der Waals surface area (Å²) in [5.41, 5.74) is 2.93. The van der Waals surface area contributed by atoms with Gasteiger partial charge in [0.25, 0.3) is 5.91 Å². The highest BCUT2D eigenvalue weighted by Gasteiger charge is 2.67. The van der Waals surface area contributed by atoms with Crippen LogP contribution < -0.4 is 10.2 Å². The second kappa shape index (κ2) is 6.64. The maximum Gasteiger partial charge on any atom is 0.255 e. The van der Waals surface area contributed by atoms with Gasteiger partial charge in [-0.25, -0.2) is 0 Å². The van der Waals surface area contributed by atoms with E-state index in [-0.39, 0.29) is 41.4 Å². The van der Waals surface area contributed by atoms with E-state index in [1.54, 1.807) is 24.3 Å². The minimum Gasteiger partial charge on any atom is -0.322 e. The number of benzene rings is 2. The van der Waals surface area contributed by atoms with Gasteiger partial charge in [-0.05, 0) is 72.4 Å². The number of hydrogen-bond acceptors (Lipinski definition) is 3. The molecule has 5 nitrogen and oxygen atoms in total. The van der Waals surface area contributed by atoms with Gasteiger partial charge in [-0.2, -0.15) is 0 Å². The van der Waals surface area contributed by atoms with Crippen molar-refractivity contribution in [3.05, 3.63) is 71.8 Å². The van der Waals surface area contributed by atoms with E-state index < -0.39 is 0 Å². The Hall–Kier alpha value is -3.21. The zero-order valence-electron chi connectivity index (χ0n) is 17.3. The Labute approximate surface area is 181 Å². The van der Waals surface area contributed by atoms with Gasteiger partial charge in [-0.1, -0.05) is 37.3 Å². The number of aryl methyl sites for hydroxylation is 1. The van der Waals surface area contributed by atoms with Crippen LogP contribution >= 0.6 is 0 Å². The Morgan fingerprint density at radius 3 is 2.16 bits per heavy atom. The molecular formula is C26H24N2O3. The topological polar surface area (TPSA) is 66.5 Å². The lowest BCUT2D eigenvalue weighted by atomic mass is 9.63. The molecule has 2 saturated carbocycles. The van der Waals surface area contributed by atoms with Crippen LogP contribution in [0.3, 0.4) is 0 Å². The summed E-state index contributed by atoms with van der Waals surface area (Å²) in [6.07, 6.45) is 6.34. The summed E-state index contributed by atoms with van der Waals surface area (Å²) in [5.74, 6) is 0.829. The van der Waals surface area contributed by atoms with Crippen molar-refractivity contribution >= 4 is 29.1 Å². The predicted molar refractivity (Wildman–Crippen MR) is 117 cm³/mol. The zero-order chi connectivity index (χ0) is 21.3. The molecule has 2 aromatic carbocycles. The molecule has 6 atom stereocenters. The Bertz CT molecular complexity index is 1100. The number of rotatable bonds is 4. The minimum atomic E-state index is -0.209. The fourth-order valence-corrected chi connectivity index (χ4v) is 6.12. The molecule has 1 N–H and O–H groups in total. The highest BCUT2D eigenvalue weighted by molar-refractivity contribution is 6.22. The second-order valence-electron chi connectivity index (χ2n) is 9.18. The number of nitrogens with one attached hydrogen (secondary N) is 1. The minimum absolute atomic E-state index is 0.0752. The van der Waals surface area contributed by atoms with Gasteiger partial charge in [0.05, 0.1) is 17.5 Å². The third-order valence-electron chi connectivity index (χ3n) is 7.70. The van der Waals surface area contributed by atoms with E-state index >= 15 is 0 Å². The summed E-state index contributed by atoms with van der Waals surface area (Å²) >= 11 is 0. The van der Waals surface area contributed by atoms with Gasteiger partial charge >= 0.3 is 0 Å². The van der Waals surface area contributed by atoms with Gasteiger partial charge in [0.1, 0.15) is 0 Å². The Balaban J connectivity index is 1.23. The maximum absolute atomic E-state index is 13.2. The fraction of sp³-hybridized carbons (Fsp3) is 0.346. The first kappa shape index (κ1) is 18.6. The fourth-order valence-electron chi connectivity index (χ4n) is 6.12. The molecule has 5 heteroatoms. The van der Waals surface area contributed by atoms with Gasteiger partial charge in [0, 0.05) is 11.3 Å². The summed E-state index contributed by atoms with van der Waals surface area (Å²) in [5, 5.41) is 2.96. The predicted octanol–water partition coefficient (Wildman–Crippen LogP) is 4.06. The van der Waals surface area contributed by atoms with Gasteiger partial charge in [0.15, 0.2) is 0 Å². The molecule has 1 saturated heterocycles. The molecule has 2 aromatic rings. The summed E-state index contributed by atoms with van der Waals surface area (Å²) in [6, 6.07) is 14.5. The normalized spacial score (nSPS) is 32.1. The molecule has 5 aliphatic rings. The molecule has 0 radical (unpaired) electrons. The monoisotopic (exact) mass is 412 g/mol. The van der Waals surface area contributed by atoms with E-state index in [1.165, 1.54) is 4.90 Å². The number of nitrogens with zero attached hydrogens (tertiary/aromatic N) is 1. The van der Waals surface area contributed by atoms with Gasteiger partial charge in [-0.15, -0.1) is 0 Å². The summed E-state index contributed by atoms with van der Waals surface area (Å²) in [6.45, 7) is 2.05. The van der Waals surface area contributed by atoms with Crippen LogP contribution in [0.25, 0.3) is 0 Å². The summed E-state index contributed by atoms with van der Waals surface area (Å²) < 4.78 is 0. The molecule has 0 spiro atoms. The first-order chi connectivity index (χ1) is 15.1. The van der Waals surface area contributed by atoms with Crippen molar-refractivity contribution in [3.63, 3.8) is 0 Å². The lowest BCUT2D eigenvalue weighted by molar-refractivity contribution is -0.124. The first-order valence-electron chi connectivity index (χ1n) is 11.1. The van der Waals surface area contributed by atoms with E-state index in [9.17, 15) is 14.4 Å². The summed E-state index contributed by atoms with van der Waals surface area (Å²) in [4.78, 5) is 40.5. The maximum atomic E-state index is 13.2. The smallest absolute Gasteiger partial charge is 0.255 e. The van der Waals surface area contributed by atoms with Gasteiger partial charge in [-0.3, -0.25) is 19.3 Å². The van der Waals surface area contributed by atoms with Crippen molar-refractivity contribution in [2.45, 2.75) is 19.8 Å². The van der Waals surface area contributed by atoms with E-state index in [4.69, 9.17) is 0 Å². The molecule has 31 heavy (non-hydrogen) atoms. The van der Waals surface area contributed by atoms with Crippen LogP contribution in [0.15, 0.2) is 60.7 Å². The molecule has 0 aromatic heterocycles. The highest BCUT2D eigenvalue weighted by Crippen LogP contribution is 2.65. The van der Waals surface area contributed by atoms with Crippen LogP contribution in [0.5, 0.6) is 0 Å². The van der Waals surface area contributed by atoms with Crippen LogP contribution in [0.1, 0.15) is 29.3 Å². The molecule has 7 rings (SSSR count). The number of imide groups is 1. The third kappa shape index (κ3) is 2.65. The first-order valence-corrected chi connectivity index (χ1v) is 11.1. The summed E-state index contributed by atoms with van der Waals surface area (Å²) in [7, 11) is 0. The van der Waals surface area contributed by atoms with Crippen molar-refractivity contribution < 1.29 is 14.4 Å². The molecule has 3 amide bonds. The van der Waals surface area contributed by atoms with Crippen LogP contribution in [0, 0.1) is 35.5 Å². The molecule has 3 fully saturated rings. The van der Waals surface area contributed by atoms with Crippen LogP contribution in [0.4, 0.5) is 11.4 Å². The van der Waals surface area contributed by atoms with Crippen LogP contribution in [0.2, 0.25) is 0 Å². The number of anilines is 2. The van der Waals surface area contributed by atoms with Crippen molar-refractivity contribution in [1.29, 1.82) is 0 Å². The number of carbonyl (C=O) groups excluding carboxylic acids is 3. The molecule has 2 bridgehead atoms. The van der Waals surface area contributed by atoms with Gasteiger partial charge in [0.2, 0.25) is 11.8 Å². The molecular weight excluding hydrogens is 388 g/mol. The molecule has 156 valence electrons. The Kier molecular flexibility index (Phi) is 3.98. The zero-order valence-corrected chi connectivity index (χ0v) is 17.3. The Morgan fingerprint density at radius 1 is 0.935 bits per heavy atom. The molecule has 1 heterocycles. The van der Waals surface area contributed by atoms with E-state index in [2.05, 4.69) is 17.5 Å². The SMILES string of the molecule is CCc1ccccc1NC(=O)c1ccc(N2C(=O)[C@@H]3[C@H]4C=C[C@@H]([C@@H]5C[C@H]45)[C@@H]3C2=O)cc1. The van der Waals surface area contributed by atoms with Gasteiger partial charge < -0.3 is 5.32 Å². The van der Waals surface area contributed by atoms with Crippen LogP contribution in [-0.2, 0) is 16.0 Å². The quantitative estimate of drug-likeness (QED) is 0.608. The average Bonchev–Trinajstić information content (AvgIpc) is 3.58. The molecule has 1 aliphatic heterocycles. The lowest BCUT2D eigenvalue weighted by Crippen LogP contribution is -2.40. The number of allylic oxidation sites excluding steroid dienone is 2. The van der Waals surface area contributed by atoms with E-state index in [1.807, 2.05) is 31.2 Å². The number of hydrogen-bond donors (Lipinski definition) is 1. The van der Waals surface area contributed by atoms with Crippen molar-refractivity contribution in [1.82, 2.24) is 0 Å². The van der Waals surface area contributed by atoms with Crippen molar-refractivity contribution in [2.75, 3.05) is 10.2 Å². The largest absolute Gasteiger partial charge is 0.322 e. The highest BCUT2D eigenvalue weighted by atomic mass is 16.2. The van der Waals surface area contributed by atoms with E-state index in [0.717, 1.165) is 24.1 Å². The van der Waals surface area contributed by atoms with Crippen LogP contribution in [-0.4, -0.2) is 17.7 Å². The standard InChI is InChI=1S/C26H24N2O3/c1-2-14-5-3-4-6-21(14)27-24(29)15-7-9-16(10-8-15)28-25(30)22-17-11-12-18(20-13-19(17)20)23(22)26(28)31/h3-12,17-20,22-23H,2,13H2,1H3,(H,27,29)/t17-,18-,19-,20+,22-,23+/m0/s1.